The molecule has 0 saturated heterocycles. The average molecular weight is 432 g/mol. The van der Waals surface area contributed by atoms with Gasteiger partial charge in [-0.3, -0.25) is 0 Å². The van der Waals surface area contributed by atoms with Crippen molar-refractivity contribution in [2.75, 3.05) is 26.4 Å². The Morgan fingerprint density at radius 1 is 1.07 bits per heavy atom. The second-order valence-corrected chi connectivity index (χ2v) is 7.36. The molecule has 0 radical (unpaired) electrons. The van der Waals surface area contributed by atoms with Crippen LogP contribution in [0.25, 0.3) is 0 Å². The van der Waals surface area contributed by atoms with E-state index < -0.39 is 0 Å². The molecule has 0 amide bonds. The zero-order chi connectivity index (χ0) is 20.6. The molecule has 1 aromatic carbocycles. The summed E-state index contributed by atoms with van der Waals surface area (Å²) in [6.45, 7) is 6.51. The molecule has 1 N–H and O–H groups in total. The van der Waals surface area contributed by atoms with E-state index in [1.807, 2.05) is 19.1 Å². The van der Waals surface area contributed by atoms with E-state index in [0.717, 1.165) is 61.3 Å². The van der Waals surface area contributed by atoms with Crippen molar-refractivity contribution in [1.29, 1.82) is 0 Å². The molecule has 1 rings (SSSR count). The Hall–Kier alpha value is -1.43. The maximum Gasteiger partial charge on any atom is 0.125 e. The van der Waals surface area contributed by atoms with Gasteiger partial charge in [0.1, 0.15) is 22.6 Å². The van der Waals surface area contributed by atoms with Gasteiger partial charge in [0.15, 0.2) is 0 Å². The number of rotatable bonds is 15. The molecular formula is C21H31Cl2NO4. The molecule has 0 bridgehead atoms. The average Bonchev–Trinajstić information content (AvgIpc) is 2.66. The first kappa shape index (κ1) is 24.6. The van der Waals surface area contributed by atoms with E-state index in [9.17, 15) is 0 Å². The zero-order valence-electron chi connectivity index (χ0n) is 16.8. The zero-order valence-corrected chi connectivity index (χ0v) is 18.3. The summed E-state index contributed by atoms with van der Waals surface area (Å²) in [6, 6.07) is 3.99. The van der Waals surface area contributed by atoms with E-state index in [1.165, 1.54) is 6.21 Å². The second kappa shape index (κ2) is 15.5. The molecule has 5 nitrogen and oxygen atoms in total. The molecule has 0 aliphatic heterocycles. The maximum absolute atomic E-state index is 8.27. The van der Waals surface area contributed by atoms with Crippen LogP contribution in [0.5, 0.6) is 11.5 Å². The third-order valence-corrected chi connectivity index (χ3v) is 4.40. The first-order valence-electron chi connectivity index (χ1n) is 9.72. The normalized spacial score (nSPS) is 11.0. The van der Waals surface area contributed by atoms with Gasteiger partial charge in [0.25, 0.3) is 0 Å². The van der Waals surface area contributed by atoms with Crippen molar-refractivity contribution in [1.82, 2.24) is 0 Å². The van der Waals surface area contributed by atoms with Crippen LogP contribution in [0.1, 0.15) is 50.2 Å². The molecule has 0 spiro atoms. The van der Waals surface area contributed by atoms with Crippen LogP contribution in [0, 0.1) is 6.92 Å². The fourth-order valence-electron chi connectivity index (χ4n) is 2.69. The Kier molecular flexibility index (Phi) is 13.6. The molecular weight excluding hydrogens is 401 g/mol. The van der Waals surface area contributed by atoms with Gasteiger partial charge in [0.05, 0.1) is 13.2 Å². The number of ether oxygens (including phenoxy) is 3. The summed E-state index contributed by atoms with van der Waals surface area (Å²) in [6.07, 6.45) is 8.83. The number of hydrogen-bond donors (Lipinski definition) is 1. The summed E-state index contributed by atoms with van der Waals surface area (Å²) in [5, 5.41) is 11.2. The van der Waals surface area contributed by atoms with Gasteiger partial charge in [0.2, 0.25) is 0 Å². The molecule has 0 heterocycles. The van der Waals surface area contributed by atoms with E-state index in [4.69, 9.17) is 42.6 Å². The summed E-state index contributed by atoms with van der Waals surface area (Å²) >= 11 is 11.2. The molecule has 0 atom stereocenters. The molecule has 0 saturated carbocycles. The maximum atomic E-state index is 8.27. The number of hydrogen-bond acceptors (Lipinski definition) is 5. The second-order valence-electron chi connectivity index (χ2n) is 6.35. The van der Waals surface area contributed by atoms with Crippen molar-refractivity contribution < 1.29 is 19.4 Å². The Bertz CT molecular complexity index is 617. The summed E-state index contributed by atoms with van der Waals surface area (Å²) < 4.78 is 17.4. The first-order chi connectivity index (χ1) is 13.6. The first-order valence-corrected chi connectivity index (χ1v) is 10.5. The van der Waals surface area contributed by atoms with Crippen molar-refractivity contribution in [2.24, 2.45) is 5.16 Å². The van der Waals surface area contributed by atoms with Gasteiger partial charge >= 0.3 is 0 Å². The van der Waals surface area contributed by atoms with Crippen LogP contribution in [0.15, 0.2) is 27.9 Å². The lowest BCUT2D eigenvalue weighted by molar-refractivity contribution is 0.136. The molecule has 1 aromatic rings. The van der Waals surface area contributed by atoms with E-state index in [-0.39, 0.29) is 4.49 Å². The monoisotopic (exact) mass is 431 g/mol. The summed E-state index contributed by atoms with van der Waals surface area (Å²) in [5.41, 5.74) is 2.20. The van der Waals surface area contributed by atoms with Gasteiger partial charge in [-0.15, -0.1) is 5.16 Å². The van der Waals surface area contributed by atoms with Gasteiger partial charge in [0, 0.05) is 19.2 Å². The van der Waals surface area contributed by atoms with Crippen LogP contribution < -0.4 is 9.47 Å². The van der Waals surface area contributed by atoms with E-state index in [2.05, 4.69) is 12.1 Å². The van der Waals surface area contributed by atoms with Crippen molar-refractivity contribution in [3.05, 3.63) is 33.8 Å². The summed E-state index contributed by atoms with van der Waals surface area (Å²) in [7, 11) is 0. The van der Waals surface area contributed by atoms with Gasteiger partial charge in [-0.25, -0.2) is 0 Å². The van der Waals surface area contributed by atoms with Crippen molar-refractivity contribution in [3.8, 4) is 11.5 Å². The standard InChI is InChI=1S/C21H31Cl2NO4/c1-3-18-16-19(27-14-9-20(22)23)15-17(2)21(18)28-13-7-5-4-6-11-26-12-8-10-24-25/h9-10,15-16,25H,3-8,11-14H2,1-2H3/b24-10+. The highest BCUT2D eigenvalue weighted by molar-refractivity contribution is 6.55. The third-order valence-electron chi connectivity index (χ3n) is 4.10. The van der Waals surface area contributed by atoms with Gasteiger partial charge in [-0.2, -0.15) is 0 Å². The fraction of sp³-hybridized carbons (Fsp3) is 0.571. The number of oxime groups is 1. The number of aryl methyl sites for hydroxylation is 2. The Morgan fingerprint density at radius 2 is 1.82 bits per heavy atom. The van der Waals surface area contributed by atoms with Crippen LogP contribution in [-0.2, 0) is 11.2 Å². The van der Waals surface area contributed by atoms with Crippen LogP contribution in [0.2, 0.25) is 0 Å². The molecule has 28 heavy (non-hydrogen) atoms. The van der Waals surface area contributed by atoms with Gasteiger partial charge in [-0.05, 0) is 61.9 Å². The minimum absolute atomic E-state index is 0.204. The van der Waals surface area contributed by atoms with E-state index >= 15 is 0 Å². The van der Waals surface area contributed by atoms with Gasteiger partial charge < -0.3 is 19.4 Å². The number of unbranched alkanes of at least 4 members (excludes halogenated alkanes) is 3. The summed E-state index contributed by atoms with van der Waals surface area (Å²) in [5.74, 6) is 1.74. The highest BCUT2D eigenvalue weighted by atomic mass is 35.5. The summed E-state index contributed by atoms with van der Waals surface area (Å²) in [4.78, 5) is 0. The molecule has 0 aromatic heterocycles. The van der Waals surface area contributed by atoms with E-state index in [1.54, 1.807) is 6.08 Å². The highest BCUT2D eigenvalue weighted by Crippen LogP contribution is 2.30. The Balaban J connectivity index is 2.30. The lowest BCUT2D eigenvalue weighted by Crippen LogP contribution is -2.04. The van der Waals surface area contributed by atoms with Crippen LogP contribution in [-0.4, -0.2) is 37.8 Å². The van der Waals surface area contributed by atoms with Crippen LogP contribution in [0.3, 0.4) is 0 Å². The van der Waals surface area contributed by atoms with Crippen LogP contribution >= 0.6 is 23.2 Å². The van der Waals surface area contributed by atoms with Crippen molar-refractivity contribution in [3.63, 3.8) is 0 Å². The van der Waals surface area contributed by atoms with Crippen molar-refractivity contribution >= 4 is 29.4 Å². The molecule has 0 aliphatic rings. The minimum Gasteiger partial charge on any atom is -0.493 e. The lowest BCUT2D eigenvalue weighted by atomic mass is 10.1. The van der Waals surface area contributed by atoms with Gasteiger partial charge in [-0.1, -0.05) is 36.5 Å². The molecule has 0 aliphatic carbocycles. The molecule has 0 fully saturated rings. The SMILES string of the molecule is CCc1cc(OCC=C(Cl)Cl)cc(C)c1OCCCCCCOCC/C=N/O. The number of benzene rings is 1. The predicted molar refractivity (Wildman–Crippen MR) is 116 cm³/mol. The third kappa shape index (κ3) is 10.8. The lowest BCUT2D eigenvalue weighted by Gasteiger charge is -2.15. The Morgan fingerprint density at radius 3 is 2.50 bits per heavy atom. The molecule has 158 valence electrons. The smallest absolute Gasteiger partial charge is 0.125 e. The van der Waals surface area contributed by atoms with Crippen molar-refractivity contribution in [2.45, 2.75) is 52.4 Å². The molecule has 0 unspecified atom stereocenters. The van der Waals surface area contributed by atoms with Crippen LogP contribution in [0.4, 0.5) is 0 Å². The van der Waals surface area contributed by atoms with E-state index in [0.29, 0.717) is 26.2 Å². The Labute approximate surface area is 178 Å². The fourth-order valence-corrected chi connectivity index (χ4v) is 2.82. The molecule has 7 heteroatoms. The topological polar surface area (TPSA) is 60.3 Å². The minimum atomic E-state index is 0.204. The number of halogens is 2. The predicted octanol–water partition coefficient (Wildman–Crippen LogP) is 6.06. The quantitative estimate of drug-likeness (QED) is 0.158. The highest BCUT2D eigenvalue weighted by Gasteiger charge is 2.09. The largest absolute Gasteiger partial charge is 0.493 e. The number of nitrogens with zero attached hydrogens (tertiary/aromatic N) is 1.